The first-order valence-electron chi connectivity index (χ1n) is 6.62. The molecule has 126 valence electrons. The first-order chi connectivity index (χ1) is 10.7. The van der Waals surface area contributed by atoms with Crippen LogP contribution < -0.4 is 0 Å². The highest BCUT2D eigenvalue weighted by Crippen LogP contribution is 2.32. The van der Waals surface area contributed by atoms with Gasteiger partial charge in [0.15, 0.2) is 0 Å². The molecule has 0 bridgehead atoms. The molecule has 2 atom stereocenters. The zero-order valence-electron chi connectivity index (χ0n) is 12.1. The number of Topliss-reactive ketones (excluding diaryl/α,β-unsaturated/α-hetero) is 1. The molecule has 0 fully saturated rings. The number of ketones is 1. The Morgan fingerprint density at radius 3 is 2.26 bits per heavy atom. The van der Waals surface area contributed by atoms with E-state index < -0.39 is 41.2 Å². The number of halogens is 3. The number of ether oxygens (including phenoxy) is 1. The van der Waals surface area contributed by atoms with Crippen molar-refractivity contribution in [1.29, 1.82) is 0 Å². The molecule has 0 aliphatic heterocycles. The number of esters is 1. The van der Waals surface area contributed by atoms with Gasteiger partial charge in [-0.05, 0) is 12.5 Å². The van der Waals surface area contributed by atoms with E-state index in [-0.39, 0.29) is 12.2 Å². The Morgan fingerprint density at radius 1 is 1.26 bits per heavy atom. The van der Waals surface area contributed by atoms with E-state index in [0.29, 0.717) is 0 Å². The van der Waals surface area contributed by atoms with Gasteiger partial charge in [-0.1, -0.05) is 30.3 Å². The van der Waals surface area contributed by atoms with Gasteiger partial charge in [0.1, 0.15) is 5.92 Å². The van der Waals surface area contributed by atoms with Crippen molar-refractivity contribution in [2.24, 2.45) is 5.92 Å². The van der Waals surface area contributed by atoms with Crippen LogP contribution in [0.1, 0.15) is 18.4 Å². The molecule has 0 aliphatic carbocycles. The van der Waals surface area contributed by atoms with Crippen LogP contribution in [0.5, 0.6) is 0 Å². The molecule has 0 spiro atoms. The molecule has 6 nitrogen and oxygen atoms in total. The summed E-state index contributed by atoms with van der Waals surface area (Å²) in [5, 5.41) is 10.8. The summed E-state index contributed by atoms with van der Waals surface area (Å²) >= 11 is 0. The van der Waals surface area contributed by atoms with Crippen molar-refractivity contribution in [2.75, 3.05) is 13.2 Å². The van der Waals surface area contributed by atoms with Gasteiger partial charge < -0.3 is 4.74 Å². The minimum atomic E-state index is -5.30. The highest BCUT2D eigenvalue weighted by molar-refractivity contribution is 6.02. The molecule has 0 radical (unpaired) electrons. The third kappa shape index (κ3) is 5.04. The number of rotatable bonds is 7. The largest absolute Gasteiger partial charge is 0.465 e. The molecule has 0 heterocycles. The number of benzene rings is 1. The predicted molar refractivity (Wildman–Crippen MR) is 72.2 cm³/mol. The van der Waals surface area contributed by atoms with Crippen LogP contribution in [-0.2, 0) is 14.3 Å². The third-order valence-corrected chi connectivity index (χ3v) is 3.08. The molecule has 1 unspecified atom stereocenters. The maximum atomic E-state index is 12.8. The molecular weight excluding hydrogens is 319 g/mol. The van der Waals surface area contributed by atoms with Crippen LogP contribution in [0.2, 0.25) is 0 Å². The van der Waals surface area contributed by atoms with Crippen LogP contribution in [0.15, 0.2) is 30.3 Å². The quantitative estimate of drug-likeness (QED) is 0.331. The average Bonchev–Trinajstić information content (AvgIpc) is 2.46. The summed E-state index contributed by atoms with van der Waals surface area (Å²) < 4.78 is 42.9. The monoisotopic (exact) mass is 333 g/mol. The highest BCUT2D eigenvalue weighted by atomic mass is 19.4. The standard InChI is InChI=1S/C14H14F3NO5/c1-2-23-13(20)11(12(19)14(15,16)17)10(8-18(21)22)9-6-4-3-5-7-9/h3-7,10-11H,2,8H2,1H3/t10-,11?/m1/s1. The fourth-order valence-electron chi connectivity index (χ4n) is 2.13. The number of carbonyl (C=O) groups excluding carboxylic acids is 2. The van der Waals surface area contributed by atoms with E-state index in [0.717, 1.165) is 0 Å². The van der Waals surface area contributed by atoms with Crippen LogP contribution in [0.4, 0.5) is 13.2 Å². The Hall–Kier alpha value is -2.45. The molecule has 1 rings (SSSR count). The van der Waals surface area contributed by atoms with E-state index in [4.69, 9.17) is 0 Å². The lowest BCUT2D eigenvalue weighted by Gasteiger charge is -2.23. The van der Waals surface area contributed by atoms with Gasteiger partial charge in [-0.15, -0.1) is 0 Å². The summed E-state index contributed by atoms with van der Waals surface area (Å²) in [6.45, 7) is 0.105. The van der Waals surface area contributed by atoms with Gasteiger partial charge in [-0.25, -0.2) is 0 Å². The molecule has 9 heteroatoms. The Bertz CT molecular complexity index is 574. The van der Waals surface area contributed by atoms with E-state index >= 15 is 0 Å². The number of hydrogen-bond acceptors (Lipinski definition) is 5. The lowest BCUT2D eigenvalue weighted by molar-refractivity contribution is -0.484. The van der Waals surface area contributed by atoms with Crippen molar-refractivity contribution < 1.29 is 32.4 Å². The molecule has 0 N–H and O–H groups in total. The summed E-state index contributed by atoms with van der Waals surface area (Å²) in [4.78, 5) is 33.4. The van der Waals surface area contributed by atoms with Crippen LogP contribution in [0.3, 0.4) is 0 Å². The minimum Gasteiger partial charge on any atom is -0.465 e. The van der Waals surface area contributed by atoms with Crippen molar-refractivity contribution in [2.45, 2.75) is 19.0 Å². The van der Waals surface area contributed by atoms with Gasteiger partial charge in [0.25, 0.3) is 5.78 Å². The van der Waals surface area contributed by atoms with Gasteiger partial charge in [0, 0.05) is 4.92 Å². The van der Waals surface area contributed by atoms with Crippen molar-refractivity contribution in [3.63, 3.8) is 0 Å². The van der Waals surface area contributed by atoms with E-state index in [2.05, 4.69) is 4.74 Å². The smallest absolute Gasteiger partial charge is 0.450 e. The zero-order valence-corrected chi connectivity index (χ0v) is 12.1. The summed E-state index contributed by atoms with van der Waals surface area (Å²) in [6, 6.07) is 7.09. The first kappa shape index (κ1) is 18.6. The lowest BCUT2D eigenvalue weighted by Crippen LogP contribution is -2.41. The van der Waals surface area contributed by atoms with Crippen molar-refractivity contribution >= 4 is 11.8 Å². The fraction of sp³-hybridized carbons (Fsp3) is 0.429. The topological polar surface area (TPSA) is 86.5 Å². The number of carbonyl (C=O) groups is 2. The van der Waals surface area contributed by atoms with Crippen molar-refractivity contribution in [3.05, 3.63) is 46.0 Å². The number of nitrogens with zero attached hydrogens (tertiary/aromatic N) is 1. The molecule has 0 aliphatic rings. The van der Waals surface area contributed by atoms with Crippen molar-refractivity contribution in [3.8, 4) is 0 Å². The Kier molecular flexibility index (Phi) is 6.23. The molecule has 0 amide bonds. The van der Waals surface area contributed by atoms with E-state index in [1.54, 1.807) is 6.07 Å². The maximum Gasteiger partial charge on any atom is 0.450 e. The van der Waals surface area contributed by atoms with Crippen LogP contribution >= 0.6 is 0 Å². The molecule has 23 heavy (non-hydrogen) atoms. The number of hydrogen-bond donors (Lipinski definition) is 0. The second-order valence-corrected chi connectivity index (χ2v) is 4.62. The molecule has 0 aromatic heterocycles. The SMILES string of the molecule is CCOC(=O)C(C(=O)C(F)(F)F)[C@H](C[N+](=O)[O-])c1ccccc1. The summed E-state index contributed by atoms with van der Waals surface area (Å²) in [6.07, 6.45) is -5.30. The van der Waals surface area contributed by atoms with E-state index in [9.17, 15) is 32.9 Å². The normalized spacial score (nSPS) is 13.9. The zero-order chi connectivity index (χ0) is 17.6. The molecular formula is C14H14F3NO5. The van der Waals surface area contributed by atoms with Crippen LogP contribution in [0.25, 0.3) is 0 Å². The van der Waals surface area contributed by atoms with Gasteiger partial charge in [0.2, 0.25) is 6.54 Å². The Balaban J connectivity index is 3.34. The molecule has 0 saturated carbocycles. The lowest BCUT2D eigenvalue weighted by atomic mass is 9.83. The van der Waals surface area contributed by atoms with E-state index in [1.165, 1.54) is 31.2 Å². The summed E-state index contributed by atoms with van der Waals surface area (Å²) in [5.41, 5.74) is 0.0832. The number of nitro groups is 1. The molecule has 1 aromatic carbocycles. The first-order valence-corrected chi connectivity index (χ1v) is 6.62. The van der Waals surface area contributed by atoms with Gasteiger partial charge in [-0.3, -0.25) is 19.7 Å². The average molecular weight is 333 g/mol. The maximum absolute atomic E-state index is 12.8. The second kappa shape index (κ2) is 7.70. The van der Waals surface area contributed by atoms with Gasteiger partial charge in [0.05, 0.1) is 12.5 Å². The van der Waals surface area contributed by atoms with Crippen LogP contribution in [0, 0.1) is 16.0 Å². The van der Waals surface area contributed by atoms with E-state index in [1.807, 2.05) is 0 Å². The molecule has 1 aromatic rings. The predicted octanol–water partition coefficient (Wildman–Crippen LogP) is 2.36. The Morgan fingerprint density at radius 2 is 1.83 bits per heavy atom. The third-order valence-electron chi connectivity index (χ3n) is 3.08. The fourth-order valence-corrected chi connectivity index (χ4v) is 2.13. The van der Waals surface area contributed by atoms with Crippen molar-refractivity contribution in [1.82, 2.24) is 0 Å². The molecule has 0 saturated heterocycles. The Labute approximate surface area is 129 Å². The minimum absolute atomic E-state index is 0.0832. The van der Waals surface area contributed by atoms with Gasteiger partial charge in [-0.2, -0.15) is 13.2 Å². The second-order valence-electron chi connectivity index (χ2n) is 4.62. The highest BCUT2D eigenvalue weighted by Gasteiger charge is 2.51. The van der Waals surface area contributed by atoms with Gasteiger partial charge >= 0.3 is 12.1 Å². The number of alkyl halides is 3. The summed E-state index contributed by atoms with van der Waals surface area (Å²) in [7, 11) is 0. The summed E-state index contributed by atoms with van der Waals surface area (Å²) in [5.74, 6) is -7.67. The van der Waals surface area contributed by atoms with Crippen LogP contribution in [-0.4, -0.2) is 36.0 Å².